The molecule has 0 heterocycles. The van der Waals surface area contributed by atoms with E-state index in [9.17, 15) is 0 Å². The fourth-order valence-electron chi connectivity index (χ4n) is 2.38. The van der Waals surface area contributed by atoms with E-state index in [1.54, 1.807) is 0 Å². The van der Waals surface area contributed by atoms with Gasteiger partial charge < -0.3 is 5.32 Å². The minimum absolute atomic E-state index is 0.955. The average molecular weight is 247 g/mol. The second-order valence-corrected chi connectivity index (χ2v) is 4.67. The molecule has 2 aromatic rings. The van der Waals surface area contributed by atoms with Gasteiger partial charge in [0.1, 0.15) is 0 Å². The van der Waals surface area contributed by atoms with E-state index in [-0.39, 0.29) is 0 Å². The molecule has 0 unspecified atom stereocenters. The molecule has 0 fully saturated rings. The van der Waals surface area contributed by atoms with Gasteiger partial charge in [-0.2, -0.15) is 0 Å². The predicted octanol–water partition coefficient (Wildman–Crippen LogP) is 4.69. The van der Waals surface area contributed by atoms with Gasteiger partial charge in [0.25, 0.3) is 0 Å². The fraction of sp³-hybridized carbons (Fsp3) is 0.111. The van der Waals surface area contributed by atoms with Gasteiger partial charge in [0, 0.05) is 12.2 Å². The van der Waals surface area contributed by atoms with Crippen LogP contribution in [0.25, 0.3) is 17.7 Å². The average Bonchev–Trinajstić information content (AvgIpc) is 2.85. The normalized spacial score (nSPS) is 14.7. The summed E-state index contributed by atoms with van der Waals surface area (Å²) in [5, 5.41) is 3.31. The van der Waals surface area contributed by atoms with Gasteiger partial charge in [0.2, 0.25) is 0 Å². The molecule has 94 valence electrons. The number of hydrogen-bond acceptors (Lipinski definition) is 1. The van der Waals surface area contributed by atoms with Crippen molar-refractivity contribution in [2.45, 2.75) is 6.92 Å². The molecule has 0 bridgehead atoms. The fourth-order valence-corrected chi connectivity index (χ4v) is 2.38. The molecule has 0 saturated carbocycles. The van der Waals surface area contributed by atoms with Gasteiger partial charge in [-0.1, -0.05) is 48.6 Å². The Bertz CT molecular complexity index is 633. The van der Waals surface area contributed by atoms with Crippen molar-refractivity contribution in [3.05, 3.63) is 71.3 Å². The van der Waals surface area contributed by atoms with Crippen molar-refractivity contribution in [3.8, 4) is 0 Å². The van der Waals surface area contributed by atoms with Crippen molar-refractivity contribution >= 4 is 23.4 Å². The van der Waals surface area contributed by atoms with Gasteiger partial charge >= 0.3 is 0 Å². The summed E-state index contributed by atoms with van der Waals surface area (Å²) in [6, 6.07) is 17.1. The summed E-state index contributed by atoms with van der Waals surface area (Å²) in [7, 11) is 0. The monoisotopic (exact) mass is 247 g/mol. The largest absolute Gasteiger partial charge is 0.385 e. The van der Waals surface area contributed by atoms with E-state index in [0.29, 0.717) is 0 Å². The Morgan fingerprint density at radius 1 is 0.947 bits per heavy atom. The molecule has 0 aliphatic heterocycles. The van der Waals surface area contributed by atoms with Gasteiger partial charge in [0.05, 0.1) is 0 Å². The number of hydrogen-bond donors (Lipinski definition) is 1. The third-order valence-electron chi connectivity index (χ3n) is 3.33. The van der Waals surface area contributed by atoms with Crippen LogP contribution in [0.1, 0.15) is 23.6 Å². The van der Waals surface area contributed by atoms with Gasteiger partial charge in [0.15, 0.2) is 0 Å². The lowest BCUT2D eigenvalue weighted by molar-refractivity contribution is 1.21. The van der Waals surface area contributed by atoms with Crippen molar-refractivity contribution in [1.82, 2.24) is 0 Å². The Morgan fingerprint density at radius 2 is 1.74 bits per heavy atom. The predicted molar refractivity (Wildman–Crippen MR) is 84.0 cm³/mol. The first-order valence-electron chi connectivity index (χ1n) is 6.70. The van der Waals surface area contributed by atoms with Crippen LogP contribution in [-0.2, 0) is 0 Å². The van der Waals surface area contributed by atoms with Gasteiger partial charge in [-0.3, -0.25) is 0 Å². The van der Waals surface area contributed by atoms with E-state index >= 15 is 0 Å². The van der Waals surface area contributed by atoms with Crippen LogP contribution in [0.3, 0.4) is 0 Å². The highest BCUT2D eigenvalue weighted by atomic mass is 14.8. The maximum absolute atomic E-state index is 3.31. The summed E-state index contributed by atoms with van der Waals surface area (Å²) >= 11 is 0. The molecule has 3 rings (SSSR count). The molecule has 0 aromatic heterocycles. The molecule has 1 N–H and O–H groups in total. The molecular formula is C18H17N. The van der Waals surface area contributed by atoms with Crippen molar-refractivity contribution < 1.29 is 0 Å². The summed E-state index contributed by atoms with van der Waals surface area (Å²) in [5.74, 6) is 0. The van der Waals surface area contributed by atoms with E-state index < -0.39 is 0 Å². The van der Waals surface area contributed by atoms with E-state index in [4.69, 9.17) is 0 Å². The molecule has 0 spiro atoms. The second kappa shape index (κ2) is 5.15. The quantitative estimate of drug-likeness (QED) is 0.830. The number of rotatable bonds is 3. The molecule has 1 aliphatic carbocycles. The van der Waals surface area contributed by atoms with Crippen LogP contribution in [0.2, 0.25) is 0 Å². The van der Waals surface area contributed by atoms with E-state index in [1.807, 2.05) is 0 Å². The zero-order chi connectivity index (χ0) is 13.1. The number of anilines is 1. The Labute approximate surface area is 114 Å². The Hall–Kier alpha value is -2.28. The Balaban J connectivity index is 1.89. The van der Waals surface area contributed by atoms with Gasteiger partial charge in [-0.05, 0) is 47.4 Å². The van der Waals surface area contributed by atoms with Gasteiger partial charge in [-0.25, -0.2) is 0 Å². The minimum Gasteiger partial charge on any atom is -0.385 e. The molecule has 2 aromatic carbocycles. The molecule has 0 amide bonds. The number of nitrogens with one attached hydrogen (secondary N) is 1. The first kappa shape index (κ1) is 11.8. The molecular weight excluding hydrogens is 230 g/mol. The molecule has 0 radical (unpaired) electrons. The van der Waals surface area contributed by atoms with Crippen LogP contribution in [0, 0.1) is 0 Å². The highest BCUT2D eigenvalue weighted by Crippen LogP contribution is 2.30. The number of benzene rings is 2. The first-order valence-corrected chi connectivity index (χ1v) is 6.70. The summed E-state index contributed by atoms with van der Waals surface area (Å²) < 4.78 is 0. The molecule has 1 nitrogen and oxygen atoms in total. The minimum atomic E-state index is 0.955. The first-order chi connectivity index (χ1) is 9.36. The lowest BCUT2D eigenvalue weighted by Gasteiger charge is -2.04. The van der Waals surface area contributed by atoms with Crippen LogP contribution in [0.4, 0.5) is 5.69 Å². The number of allylic oxidation sites excluding steroid dienone is 2. The smallest absolute Gasteiger partial charge is 0.0340 e. The highest BCUT2D eigenvalue weighted by molar-refractivity contribution is 5.97. The lowest BCUT2D eigenvalue weighted by atomic mass is 10.0. The zero-order valence-corrected chi connectivity index (χ0v) is 11.1. The zero-order valence-electron chi connectivity index (χ0n) is 11.1. The summed E-state index contributed by atoms with van der Waals surface area (Å²) in [4.78, 5) is 0. The van der Waals surface area contributed by atoms with Crippen LogP contribution in [0.15, 0.2) is 54.6 Å². The van der Waals surface area contributed by atoms with Crippen LogP contribution in [0.5, 0.6) is 0 Å². The third-order valence-corrected chi connectivity index (χ3v) is 3.33. The maximum Gasteiger partial charge on any atom is 0.0340 e. The highest BCUT2D eigenvalue weighted by Gasteiger charge is 2.08. The van der Waals surface area contributed by atoms with Crippen molar-refractivity contribution in [2.75, 3.05) is 11.9 Å². The molecule has 19 heavy (non-hydrogen) atoms. The third kappa shape index (κ3) is 2.45. The van der Waals surface area contributed by atoms with E-state index in [0.717, 1.165) is 6.54 Å². The summed E-state index contributed by atoms with van der Waals surface area (Å²) in [6.45, 7) is 3.06. The van der Waals surface area contributed by atoms with Crippen LogP contribution >= 0.6 is 0 Å². The second-order valence-electron chi connectivity index (χ2n) is 4.67. The maximum atomic E-state index is 3.31. The Morgan fingerprint density at radius 3 is 2.53 bits per heavy atom. The van der Waals surface area contributed by atoms with E-state index in [2.05, 4.69) is 79.0 Å². The van der Waals surface area contributed by atoms with Crippen LogP contribution < -0.4 is 5.32 Å². The molecule has 1 heteroatoms. The molecule has 0 saturated heterocycles. The summed E-state index contributed by atoms with van der Waals surface area (Å²) in [6.07, 6.45) is 6.59. The Kier molecular flexibility index (Phi) is 3.20. The summed E-state index contributed by atoms with van der Waals surface area (Å²) in [5.41, 5.74) is 6.31. The molecule has 1 aliphatic rings. The topological polar surface area (TPSA) is 12.0 Å². The standard InChI is InChI=1S/C18H17N/c1-2-19-17-11-7-14(8-12-17)13-16-10-9-15-5-3-4-6-18(15)16/h3-13,19H,2H2,1H3/b16-13+. The lowest BCUT2D eigenvalue weighted by Crippen LogP contribution is -1.95. The molecule has 0 atom stereocenters. The SMILES string of the molecule is CCNc1ccc(/C=C2\C=Cc3ccccc32)cc1. The number of fused-ring (bicyclic) bond motifs is 1. The van der Waals surface area contributed by atoms with Crippen molar-refractivity contribution in [3.63, 3.8) is 0 Å². The van der Waals surface area contributed by atoms with Crippen molar-refractivity contribution in [2.24, 2.45) is 0 Å². The van der Waals surface area contributed by atoms with Crippen molar-refractivity contribution in [1.29, 1.82) is 0 Å². The van der Waals surface area contributed by atoms with E-state index in [1.165, 1.54) is 28.0 Å². The van der Waals surface area contributed by atoms with Crippen LogP contribution in [-0.4, -0.2) is 6.54 Å². The van der Waals surface area contributed by atoms with Gasteiger partial charge in [-0.15, -0.1) is 0 Å².